The number of rotatable bonds is 3. The highest BCUT2D eigenvalue weighted by atomic mass is 19.3. The number of hydrogen-bond donors (Lipinski definition) is 0. The third kappa shape index (κ3) is 3.40. The first-order chi connectivity index (χ1) is 9.11. The number of aryl methyl sites for hydroxylation is 1. The lowest BCUT2D eigenvalue weighted by atomic mass is 10.1. The monoisotopic (exact) mass is 272 g/mol. The lowest BCUT2D eigenvalue weighted by Gasteiger charge is -2.00. The lowest BCUT2D eigenvalue weighted by Crippen LogP contribution is -1.88. The number of alkyl halides is 2. The molecule has 0 amide bonds. The molecular weight excluding hydrogens is 261 g/mol. The van der Waals surface area contributed by atoms with Gasteiger partial charge >= 0.3 is 6.43 Å². The van der Waals surface area contributed by atoms with Crippen LogP contribution in [-0.2, 0) is 11.2 Å². The molecule has 1 aromatic heterocycles. The molecule has 0 aliphatic heterocycles. The van der Waals surface area contributed by atoms with E-state index >= 15 is 0 Å². The topological polar surface area (TPSA) is 56.0 Å². The Morgan fingerprint density at radius 1 is 1.32 bits per heavy atom. The van der Waals surface area contributed by atoms with Crippen molar-refractivity contribution in [3.05, 3.63) is 35.5 Å². The summed E-state index contributed by atoms with van der Waals surface area (Å²) in [4.78, 5) is 8.00. The Bertz CT molecular complexity index is 544. The van der Waals surface area contributed by atoms with Crippen LogP contribution in [0.3, 0.4) is 0 Å². The summed E-state index contributed by atoms with van der Waals surface area (Å²) in [7, 11) is 0. The minimum Gasteiger partial charge on any atom is -0.415 e. The number of halogens is 3. The van der Waals surface area contributed by atoms with E-state index in [0.717, 1.165) is 0 Å². The zero-order valence-corrected chi connectivity index (χ0v) is 10.1. The molecule has 0 saturated carbocycles. The molecule has 19 heavy (non-hydrogen) atoms. The largest absolute Gasteiger partial charge is 0.415 e. The van der Waals surface area contributed by atoms with Crippen LogP contribution in [-0.4, -0.2) is 17.0 Å². The average Bonchev–Trinajstić information content (AvgIpc) is 2.91. The summed E-state index contributed by atoms with van der Waals surface area (Å²) in [6, 6.07) is 4.32. The van der Waals surface area contributed by atoms with Gasteiger partial charge in [0.1, 0.15) is 12.6 Å². The van der Waals surface area contributed by atoms with Crippen molar-refractivity contribution in [2.24, 2.45) is 0 Å². The Morgan fingerprint density at radius 2 is 2.00 bits per heavy atom. The van der Waals surface area contributed by atoms with Gasteiger partial charge in [-0.3, -0.25) is 0 Å². The molecule has 102 valence electrons. The molecule has 0 spiro atoms. The Hall–Kier alpha value is -2.18. The van der Waals surface area contributed by atoms with Gasteiger partial charge in [0.15, 0.2) is 0 Å². The van der Waals surface area contributed by atoms with Gasteiger partial charge in [-0.25, -0.2) is 4.39 Å². The standard InChI is InChI=1S/C11H9F3N2O.CH2O/c1-2-6-3-4-7(5-8(6)12)10-15-16-11(17-10)9(13)14;1-2/h3-5,9H,2H2,1H3;1H2. The number of benzene rings is 1. The van der Waals surface area contributed by atoms with Crippen LogP contribution in [0.5, 0.6) is 0 Å². The molecule has 0 N–H and O–H groups in total. The zero-order valence-electron chi connectivity index (χ0n) is 10.1. The normalized spacial score (nSPS) is 10.2. The van der Waals surface area contributed by atoms with Gasteiger partial charge in [0, 0.05) is 5.56 Å². The number of hydrogen-bond acceptors (Lipinski definition) is 4. The Labute approximate surface area is 107 Å². The molecule has 7 heteroatoms. The van der Waals surface area contributed by atoms with Crippen molar-refractivity contribution in [2.75, 3.05) is 0 Å². The Kier molecular flexibility index (Phi) is 5.23. The maximum Gasteiger partial charge on any atom is 0.314 e. The molecule has 0 radical (unpaired) electrons. The summed E-state index contributed by atoms with van der Waals surface area (Å²) in [6.45, 7) is 3.82. The predicted molar refractivity (Wildman–Crippen MR) is 61.1 cm³/mol. The van der Waals surface area contributed by atoms with Crippen molar-refractivity contribution in [3.8, 4) is 11.5 Å². The first-order valence-electron chi connectivity index (χ1n) is 5.31. The summed E-state index contributed by atoms with van der Waals surface area (Å²) in [6.07, 6.45) is -2.27. The molecule has 0 bridgehead atoms. The van der Waals surface area contributed by atoms with E-state index in [1.807, 2.05) is 13.7 Å². The fraction of sp³-hybridized carbons (Fsp3) is 0.250. The van der Waals surface area contributed by atoms with Gasteiger partial charge < -0.3 is 9.21 Å². The molecule has 1 heterocycles. The van der Waals surface area contributed by atoms with Crippen LogP contribution in [0.15, 0.2) is 22.6 Å². The van der Waals surface area contributed by atoms with Crippen LogP contribution in [0.25, 0.3) is 11.5 Å². The molecule has 2 rings (SSSR count). The van der Waals surface area contributed by atoms with Gasteiger partial charge in [0.2, 0.25) is 5.89 Å². The van der Waals surface area contributed by atoms with E-state index in [1.54, 1.807) is 12.1 Å². The zero-order chi connectivity index (χ0) is 14.4. The highest BCUT2D eigenvalue weighted by Gasteiger charge is 2.17. The van der Waals surface area contributed by atoms with Gasteiger partial charge in [-0.05, 0) is 24.1 Å². The molecule has 0 fully saturated rings. The third-order valence-electron chi connectivity index (χ3n) is 2.31. The molecule has 2 aromatic rings. The summed E-state index contributed by atoms with van der Waals surface area (Å²) < 4.78 is 42.6. The van der Waals surface area contributed by atoms with Gasteiger partial charge in [-0.1, -0.05) is 13.0 Å². The maximum atomic E-state index is 13.5. The second-order valence-corrected chi connectivity index (χ2v) is 3.41. The van der Waals surface area contributed by atoms with E-state index in [1.165, 1.54) is 6.07 Å². The van der Waals surface area contributed by atoms with Crippen molar-refractivity contribution >= 4 is 6.79 Å². The van der Waals surface area contributed by atoms with E-state index in [9.17, 15) is 13.2 Å². The third-order valence-corrected chi connectivity index (χ3v) is 2.31. The SMILES string of the molecule is C=O.CCc1ccc(-c2nnc(C(F)F)o2)cc1F. The second-order valence-electron chi connectivity index (χ2n) is 3.41. The molecular formula is C12H11F3N2O2. The molecule has 1 aromatic carbocycles. The van der Waals surface area contributed by atoms with E-state index in [2.05, 4.69) is 10.2 Å². The van der Waals surface area contributed by atoms with Crippen molar-refractivity contribution in [1.82, 2.24) is 10.2 Å². The van der Waals surface area contributed by atoms with E-state index < -0.39 is 18.1 Å². The summed E-state index contributed by atoms with van der Waals surface area (Å²) in [5, 5.41) is 6.62. The quantitative estimate of drug-likeness (QED) is 0.861. The molecule has 0 saturated heterocycles. The number of nitrogens with zero attached hydrogens (tertiary/aromatic N) is 2. The molecule has 0 aliphatic rings. The van der Waals surface area contributed by atoms with Crippen LogP contribution < -0.4 is 0 Å². The Morgan fingerprint density at radius 3 is 2.47 bits per heavy atom. The second kappa shape index (κ2) is 6.67. The van der Waals surface area contributed by atoms with Crippen LogP contribution in [0, 0.1) is 5.82 Å². The van der Waals surface area contributed by atoms with Gasteiger partial charge in [0.25, 0.3) is 5.89 Å². The molecule has 0 aliphatic carbocycles. The lowest BCUT2D eigenvalue weighted by molar-refractivity contribution is -0.0979. The summed E-state index contributed by atoms with van der Waals surface area (Å²) in [5.41, 5.74) is 0.835. The van der Waals surface area contributed by atoms with Crippen molar-refractivity contribution in [1.29, 1.82) is 0 Å². The van der Waals surface area contributed by atoms with Crippen molar-refractivity contribution < 1.29 is 22.4 Å². The highest BCUT2D eigenvalue weighted by molar-refractivity contribution is 5.53. The van der Waals surface area contributed by atoms with Crippen LogP contribution in [0.1, 0.15) is 24.8 Å². The number of carbonyl (C=O) groups is 1. The minimum absolute atomic E-state index is 0.109. The predicted octanol–water partition coefficient (Wildman–Crippen LogP) is 3.19. The first-order valence-corrected chi connectivity index (χ1v) is 5.31. The fourth-order valence-electron chi connectivity index (χ4n) is 1.41. The summed E-state index contributed by atoms with van der Waals surface area (Å²) >= 11 is 0. The first kappa shape index (κ1) is 14.9. The molecule has 0 atom stereocenters. The van der Waals surface area contributed by atoms with Gasteiger partial charge in [0.05, 0.1) is 0 Å². The Balaban J connectivity index is 0.000000861. The minimum atomic E-state index is -2.82. The van der Waals surface area contributed by atoms with Crippen LogP contribution in [0.2, 0.25) is 0 Å². The smallest absolute Gasteiger partial charge is 0.314 e. The number of carbonyl (C=O) groups excluding carboxylic acids is 1. The summed E-state index contributed by atoms with van der Waals surface area (Å²) in [5.74, 6) is -1.29. The van der Waals surface area contributed by atoms with Crippen LogP contribution in [0.4, 0.5) is 13.2 Å². The molecule has 4 nitrogen and oxygen atoms in total. The van der Waals surface area contributed by atoms with Crippen molar-refractivity contribution in [3.63, 3.8) is 0 Å². The highest BCUT2D eigenvalue weighted by Crippen LogP contribution is 2.24. The fourth-order valence-corrected chi connectivity index (χ4v) is 1.41. The maximum absolute atomic E-state index is 13.5. The van der Waals surface area contributed by atoms with Crippen LogP contribution >= 0.6 is 0 Å². The van der Waals surface area contributed by atoms with Crippen molar-refractivity contribution in [2.45, 2.75) is 19.8 Å². The van der Waals surface area contributed by atoms with Gasteiger partial charge in [-0.2, -0.15) is 8.78 Å². The van der Waals surface area contributed by atoms with E-state index in [0.29, 0.717) is 17.5 Å². The molecule has 0 unspecified atom stereocenters. The number of aromatic nitrogens is 2. The average molecular weight is 272 g/mol. The van der Waals surface area contributed by atoms with E-state index in [4.69, 9.17) is 9.21 Å². The van der Waals surface area contributed by atoms with Gasteiger partial charge in [-0.15, -0.1) is 10.2 Å². The van der Waals surface area contributed by atoms with E-state index in [-0.39, 0.29) is 5.89 Å².